The minimum atomic E-state index is -0.256. The van der Waals surface area contributed by atoms with Crippen LogP contribution in [-0.2, 0) is 11.4 Å². The number of nitrogens with zero attached hydrogens (tertiary/aromatic N) is 2. The normalized spacial score (nSPS) is 12.2. The highest BCUT2D eigenvalue weighted by Crippen LogP contribution is 2.20. The lowest BCUT2D eigenvalue weighted by Gasteiger charge is -2.11. The van der Waals surface area contributed by atoms with Gasteiger partial charge in [-0.25, -0.2) is 4.98 Å². The zero-order chi connectivity index (χ0) is 18.2. The summed E-state index contributed by atoms with van der Waals surface area (Å²) in [6, 6.07) is 7.10. The number of hydrogen-bond donors (Lipinski definition) is 2. The molecule has 0 spiro atoms. The van der Waals surface area contributed by atoms with Crippen molar-refractivity contribution in [2.75, 3.05) is 6.54 Å². The number of hydrogen-bond acceptors (Lipinski definition) is 5. The standard InChI is InChI=1S/C17H23ClN4O2S/c1-11(2)8-9-19-16(23)12(3)25-17-20-15(21-22-17)10-24-14-6-4-13(18)5-7-14/h4-7,11-12H,8-10H2,1-3H3,(H,19,23)(H,20,21,22). The maximum absolute atomic E-state index is 12.0. The summed E-state index contributed by atoms with van der Waals surface area (Å²) in [5, 5.41) is 10.8. The van der Waals surface area contributed by atoms with E-state index in [1.54, 1.807) is 24.3 Å². The van der Waals surface area contributed by atoms with Gasteiger partial charge in [0.25, 0.3) is 0 Å². The van der Waals surface area contributed by atoms with Crippen LogP contribution in [-0.4, -0.2) is 32.9 Å². The van der Waals surface area contributed by atoms with E-state index in [2.05, 4.69) is 34.3 Å². The van der Waals surface area contributed by atoms with E-state index in [4.69, 9.17) is 16.3 Å². The van der Waals surface area contributed by atoms with Gasteiger partial charge < -0.3 is 10.1 Å². The lowest BCUT2D eigenvalue weighted by Crippen LogP contribution is -2.32. The molecule has 25 heavy (non-hydrogen) atoms. The number of aromatic amines is 1. The Labute approximate surface area is 157 Å². The largest absolute Gasteiger partial charge is 0.486 e. The van der Waals surface area contributed by atoms with Crippen molar-refractivity contribution in [3.63, 3.8) is 0 Å². The summed E-state index contributed by atoms with van der Waals surface area (Å²) < 4.78 is 5.61. The number of H-pyrrole nitrogens is 1. The molecule has 1 aromatic heterocycles. The number of nitrogens with one attached hydrogen (secondary N) is 2. The molecule has 2 rings (SSSR count). The fourth-order valence-electron chi connectivity index (χ4n) is 1.92. The first kappa shape index (κ1) is 19.6. The van der Waals surface area contributed by atoms with Crippen LogP contribution >= 0.6 is 23.4 Å². The molecule has 2 aromatic rings. The molecule has 2 N–H and O–H groups in total. The topological polar surface area (TPSA) is 79.9 Å². The first-order valence-corrected chi connectivity index (χ1v) is 9.44. The summed E-state index contributed by atoms with van der Waals surface area (Å²) >= 11 is 7.15. The zero-order valence-electron chi connectivity index (χ0n) is 14.6. The number of halogens is 1. The van der Waals surface area contributed by atoms with E-state index < -0.39 is 0 Å². The van der Waals surface area contributed by atoms with Gasteiger partial charge in [-0.2, -0.15) is 0 Å². The second-order valence-corrected chi connectivity index (χ2v) is 7.79. The molecule has 0 fully saturated rings. The van der Waals surface area contributed by atoms with Crippen molar-refractivity contribution in [1.29, 1.82) is 0 Å². The fourth-order valence-corrected chi connectivity index (χ4v) is 2.81. The predicted molar refractivity (Wildman–Crippen MR) is 100.0 cm³/mol. The van der Waals surface area contributed by atoms with Crippen LogP contribution in [0.2, 0.25) is 5.02 Å². The Morgan fingerprint density at radius 1 is 1.32 bits per heavy atom. The van der Waals surface area contributed by atoms with Gasteiger partial charge in [-0.15, -0.1) is 5.10 Å². The second kappa shape index (κ2) is 9.68. The van der Waals surface area contributed by atoms with Crippen LogP contribution in [0.15, 0.2) is 29.4 Å². The van der Waals surface area contributed by atoms with E-state index in [9.17, 15) is 4.79 Å². The van der Waals surface area contributed by atoms with Gasteiger partial charge in [-0.3, -0.25) is 9.89 Å². The third-order valence-electron chi connectivity index (χ3n) is 3.37. The van der Waals surface area contributed by atoms with Gasteiger partial charge in [0.2, 0.25) is 11.1 Å². The fraction of sp³-hybridized carbons (Fsp3) is 0.471. The molecule has 0 saturated carbocycles. The van der Waals surface area contributed by atoms with E-state index in [1.807, 2.05) is 6.92 Å². The average Bonchev–Trinajstić information content (AvgIpc) is 3.01. The van der Waals surface area contributed by atoms with Gasteiger partial charge in [-0.1, -0.05) is 37.2 Å². The van der Waals surface area contributed by atoms with Crippen LogP contribution in [0.4, 0.5) is 0 Å². The van der Waals surface area contributed by atoms with Gasteiger partial charge in [0, 0.05) is 11.6 Å². The molecule has 1 heterocycles. The van der Waals surface area contributed by atoms with E-state index in [0.29, 0.717) is 34.2 Å². The van der Waals surface area contributed by atoms with Crippen LogP contribution in [0.3, 0.4) is 0 Å². The summed E-state index contributed by atoms with van der Waals surface area (Å²) in [5.74, 6) is 1.87. The monoisotopic (exact) mass is 382 g/mol. The molecule has 1 unspecified atom stereocenters. The van der Waals surface area contributed by atoms with E-state index in [-0.39, 0.29) is 17.8 Å². The van der Waals surface area contributed by atoms with Crippen molar-refractivity contribution in [3.05, 3.63) is 35.1 Å². The first-order chi connectivity index (χ1) is 11.9. The first-order valence-electron chi connectivity index (χ1n) is 8.18. The molecule has 136 valence electrons. The smallest absolute Gasteiger partial charge is 0.233 e. The molecule has 1 aromatic carbocycles. The molecule has 1 amide bonds. The zero-order valence-corrected chi connectivity index (χ0v) is 16.2. The van der Waals surface area contributed by atoms with Crippen LogP contribution < -0.4 is 10.1 Å². The number of ether oxygens (including phenoxy) is 1. The Morgan fingerprint density at radius 3 is 2.72 bits per heavy atom. The molecule has 0 saturated heterocycles. The van der Waals surface area contributed by atoms with Gasteiger partial charge in [0.15, 0.2) is 5.82 Å². The SMILES string of the molecule is CC(C)CCNC(=O)C(C)Sc1n[nH]c(COc2ccc(Cl)cc2)n1. The second-order valence-electron chi connectivity index (χ2n) is 6.04. The Kier molecular flexibility index (Phi) is 7.58. The van der Waals surface area contributed by atoms with E-state index in [1.165, 1.54) is 11.8 Å². The maximum atomic E-state index is 12.0. The highest BCUT2D eigenvalue weighted by molar-refractivity contribution is 8.00. The Bertz CT molecular complexity index is 676. The Morgan fingerprint density at radius 2 is 2.04 bits per heavy atom. The van der Waals surface area contributed by atoms with Gasteiger partial charge in [0.1, 0.15) is 12.4 Å². The molecule has 0 aliphatic heterocycles. The third-order valence-corrected chi connectivity index (χ3v) is 4.59. The number of rotatable bonds is 9. The molecular formula is C17H23ClN4O2S. The Balaban J connectivity index is 1.78. The Hall–Kier alpha value is -1.73. The number of carbonyl (C=O) groups excluding carboxylic acids is 1. The van der Waals surface area contributed by atoms with Crippen molar-refractivity contribution < 1.29 is 9.53 Å². The number of aromatic nitrogens is 3. The molecule has 8 heteroatoms. The average molecular weight is 383 g/mol. The summed E-state index contributed by atoms with van der Waals surface area (Å²) in [6.07, 6.45) is 0.968. The molecule has 0 aliphatic rings. The van der Waals surface area contributed by atoms with Crippen LogP contribution in [0.25, 0.3) is 0 Å². The number of amides is 1. The summed E-state index contributed by atoms with van der Waals surface area (Å²) in [7, 11) is 0. The highest BCUT2D eigenvalue weighted by Gasteiger charge is 2.17. The maximum Gasteiger partial charge on any atom is 0.233 e. The number of thioether (sulfide) groups is 1. The van der Waals surface area contributed by atoms with Crippen molar-refractivity contribution in [2.24, 2.45) is 5.92 Å². The summed E-state index contributed by atoms with van der Waals surface area (Å²) in [6.45, 7) is 7.06. The molecule has 0 radical (unpaired) electrons. The van der Waals surface area contributed by atoms with Crippen LogP contribution in [0.1, 0.15) is 33.0 Å². The molecular weight excluding hydrogens is 360 g/mol. The van der Waals surface area contributed by atoms with E-state index >= 15 is 0 Å². The van der Waals surface area contributed by atoms with Crippen molar-refractivity contribution >= 4 is 29.3 Å². The van der Waals surface area contributed by atoms with Crippen molar-refractivity contribution in [2.45, 2.75) is 44.2 Å². The summed E-state index contributed by atoms with van der Waals surface area (Å²) in [4.78, 5) is 16.4. The lowest BCUT2D eigenvalue weighted by molar-refractivity contribution is -0.120. The third kappa shape index (κ3) is 6.96. The quantitative estimate of drug-likeness (QED) is 0.646. The highest BCUT2D eigenvalue weighted by atomic mass is 35.5. The molecule has 1 atom stereocenters. The summed E-state index contributed by atoms with van der Waals surface area (Å²) in [5.41, 5.74) is 0. The van der Waals surface area contributed by atoms with E-state index in [0.717, 1.165) is 6.42 Å². The molecule has 6 nitrogen and oxygen atoms in total. The van der Waals surface area contributed by atoms with Crippen molar-refractivity contribution in [1.82, 2.24) is 20.5 Å². The van der Waals surface area contributed by atoms with Gasteiger partial charge in [0.05, 0.1) is 5.25 Å². The van der Waals surface area contributed by atoms with Crippen LogP contribution in [0.5, 0.6) is 5.75 Å². The van der Waals surface area contributed by atoms with Crippen molar-refractivity contribution in [3.8, 4) is 5.75 Å². The van der Waals surface area contributed by atoms with Gasteiger partial charge in [-0.05, 0) is 43.5 Å². The predicted octanol–water partition coefficient (Wildman–Crippen LogP) is 3.68. The lowest BCUT2D eigenvalue weighted by atomic mass is 10.1. The van der Waals surface area contributed by atoms with Gasteiger partial charge >= 0.3 is 0 Å². The number of carbonyl (C=O) groups is 1. The minimum absolute atomic E-state index is 0.00517. The number of benzene rings is 1. The minimum Gasteiger partial charge on any atom is -0.486 e. The van der Waals surface area contributed by atoms with Crippen LogP contribution in [0, 0.1) is 5.92 Å². The molecule has 0 bridgehead atoms. The molecule has 0 aliphatic carbocycles.